The second-order valence-corrected chi connectivity index (χ2v) is 7.53. The number of hydrogen-bond donors (Lipinski definition) is 2. The minimum absolute atomic E-state index is 0.148. The summed E-state index contributed by atoms with van der Waals surface area (Å²) in [5.74, 6) is 0. The zero-order valence-corrected chi connectivity index (χ0v) is 13.2. The highest BCUT2D eigenvalue weighted by atomic mass is 32.2. The van der Waals surface area contributed by atoms with Gasteiger partial charge in [0.25, 0.3) is 0 Å². The van der Waals surface area contributed by atoms with Crippen molar-refractivity contribution in [3.63, 3.8) is 0 Å². The van der Waals surface area contributed by atoms with Gasteiger partial charge in [-0.2, -0.15) is 0 Å². The number of likely N-dealkylation sites (tertiary alicyclic amines) is 1. The van der Waals surface area contributed by atoms with E-state index in [1.807, 2.05) is 0 Å². The lowest BCUT2D eigenvalue weighted by molar-refractivity contribution is 0.109. The Hall–Kier alpha value is -1.11. The van der Waals surface area contributed by atoms with Crippen LogP contribution in [0.4, 0.5) is 5.69 Å². The third-order valence-electron chi connectivity index (χ3n) is 3.63. The third-order valence-corrected chi connectivity index (χ3v) is 4.71. The zero-order chi connectivity index (χ0) is 15.3. The van der Waals surface area contributed by atoms with Crippen molar-refractivity contribution in [3.8, 4) is 0 Å². The number of hydrogen-bond acceptors (Lipinski definition) is 5. The summed E-state index contributed by atoms with van der Waals surface area (Å²) in [7, 11) is -3.32. The Kier molecular flexibility index (Phi) is 5.61. The molecule has 1 saturated heterocycles. The summed E-state index contributed by atoms with van der Waals surface area (Å²) in [6, 6.07) is 7.74. The first-order chi connectivity index (χ1) is 9.97. The number of sulfone groups is 1. The van der Waals surface area contributed by atoms with Crippen LogP contribution in [0.1, 0.15) is 19.3 Å². The zero-order valence-electron chi connectivity index (χ0n) is 12.4. The van der Waals surface area contributed by atoms with Crippen LogP contribution in [-0.2, 0) is 9.84 Å². The van der Waals surface area contributed by atoms with Crippen LogP contribution in [0.3, 0.4) is 0 Å². The average molecular weight is 311 g/mol. The van der Waals surface area contributed by atoms with Gasteiger partial charge in [-0.15, -0.1) is 0 Å². The molecular weight excluding hydrogens is 288 g/mol. The fourth-order valence-corrected chi connectivity index (χ4v) is 3.42. The second-order valence-electron chi connectivity index (χ2n) is 5.58. The van der Waals surface area contributed by atoms with E-state index in [0.29, 0.717) is 18.8 Å². The molecule has 1 atom stereocenters. The molecule has 1 aliphatic heterocycles. The first-order valence-electron chi connectivity index (χ1n) is 7.32. The monoisotopic (exact) mass is 311 g/mol. The molecule has 1 aliphatic rings. The molecule has 0 amide bonds. The highest BCUT2D eigenvalue weighted by molar-refractivity contribution is 7.90. The van der Waals surface area contributed by atoms with Crippen molar-refractivity contribution >= 4 is 15.5 Å². The molecule has 0 aromatic heterocycles. The van der Waals surface area contributed by atoms with Crippen molar-refractivity contribution in [1.82, 2.24) is 4.90 Å². The molecule has 1 unspecified atom stereocenters. The molecule has 2 N–H and O–H groups in total. The van der Waals surface area contributed by atoms with E-state index in [9.17, 15) is 13.5 Å². The van der Waals surface area contributed by atoms with E-state index in [2.05, 4.69) is 16.3 Å². The van der Waals surface area contributed by atoms with Gasteiger partial charge in [0, 0.05) is 25.4 Å². The Morgan fingerprint density at radius 2 is 2.10 bits per heavy atom. The Morgan fingerprint density at radius 3 is 2.76 bits per heavy atom. The molecule has 2 rings (SSSR count). The summed E-state index contributed by atoms with van der Waals surface area (Å²) in [5.41, 5.74) is 0.498. The predicted molar refractivity (Wildman–Crippen MR) is 83.2 cm³/mol. The molecule has 1 aromatic rings. The first-order valence-corrected chi connectivity index (χ1v) is 9.21. The summed E-state index contributed by atoms with van der Waals surface area (Å²) in [4.78, 5) is 2.40. The van der Waals surface area contributed by atoms with Gasteiger partial charge in [0.05, 0.1) is 16.7 Å². The lowest BCUT2D eigenvalue weighted by atomic mass is 10.1. The van der Waals surface area contributed by atoms with E-state index in [1.54, 1.807) is 18.2 Å². The average Bonchev–Trinajstić information content (AvgIpc) is 2.45. The number of piperidine rings is 1. The Balaban J connectivity index is 1.90. The largest absolute Gasteiger partial charge is 0.390 e. The van der Waals surface area contributed by atoms with E-state index in [1.165, 1.54) is 19.3 Å². The van der Waals surface area contributed by atoms with E-state index in [0.717, 1.165) is 19.3 Å². The van der Waals surface area contributed by atoms with E-state index >= 15 is 0 Å². The molecule has 0 spiro atoms. The van der Waals surface area contributed by atoms with Crippen LogP contribution in [0.5, 0.6) is 0 Å². The van der Waals surface area contributed by atoms with Crippen molar-refractivity contribution in [2.45, 2.75) is 30.3 Å². The van der Waals surface area contributed by atoms with Gasteiger partial charge < -0.3 is 15.3 Å². The number of benzene rings is 1. The fourth-order valence-electron chi connectivity index (χ4n) is 2.60. The number of rotatable bonds is 6. The molecule has 1 fully saturated rings. The molecular formula is C15H23N2O3S. The quantitative estimate of drug-likeness (QED) is 0.825. The van der Waals surface area contributed by atoms with Crippen LogP contribution in [-0.4, -0.2) is 57.0 Å². The first kappa shape index (κ1) is 16.3. The molecule has 5 nitrogen and oxygen atoms in total. The molecule has 1 aromatic carbocycles. The van der Waals surface area contributed by atoms with Crippen molar-refractivity contribution in [2.24, 2.45) is 0 Å². The molecule has 21 heavy (non-hydrogen) atoms. The predicted octanol–water partition coefficient (Wildman–Crippen LogP) is 1.15. The summed E-state index contributed by atoms with van der Waals surface area (Å²) < 4.78 is 23.3. The van der Waals surface area contributed by atoms with Gasteiger partial charge in [0.1, 0.15) is 0 Å². The van der Waals surface area contributed by atoms with Gasteiger partial charge in [-0.25, -0.2) is 8.42 Å². The van der Waals surface area contributed by atoms with Gasteiger partial charge in [0.15, 0.2) is 9.84 Å². The van der Waals surface area contributed by atoms with Gasteiger partial charge in [0.2, 0.25) is 0 Å². The second kappa shape index (κ2) is 7.24. The lowest BCUT2D eigenvalue weighted by Crippen LogP contribution is -2.39. The standard InChI is InChI=1S/C15H23N2O3S/c1-21(19,20)15-8-4-3-7-14(15)16-11-13(18)12-17-9-5-2-6-10-17/h3-4,7,13,16,18H,2,5-6,9-12H2,1H3. The number of anilines is 1. The molecule has 0 saturated carbocycles. The Labute approximate surface area is 126 Å². The van der Waals surface area contributed by atoms with Gasteiger partial charge in [-0.3, -0.25) is 0 Å². The third kappa shape index (κ3) is 4.98. The summed E-state index contributed by atoms with van der Waals surface area (Å²) in [5, 5.41) is 13.1. The van der Waals surface area contributed by atoms with Crippen LogP contribution >= 0.6 is 0 Å². The van der Waals surface area contributed by atoms with E-state index in [-0.39, 0.29) is 4.90 Å². The minimum atomic E-state index is -3.32. The number of aliphatic hydroxyl groups excluding tert-OH is 1. The summed E-state index contributed by atoms with van der Waals surface area (Å²) in [6.07, 6.45) is 4.28. The van der Waals surface area contributed by atoms with E-state index in [4.69, 9.17) is 0 Å². The van der Waals surface area contributed by atoms with Crippen molar-refractivity contribution in [3.05, 3.63) is 24.3 Å². The van der Waals surface area contributed by atoms with Crippen molar-refractivity contribution in [2.75, 3.05) is 37.8 Å². The van der Waals surface area contributed by atoms with Crippen LogP contribution in [0.25, 0.3) is 0 Å². The van der Waals surface area contributed by atoms with Crippen molar-refractivity contribution in [1.29, 1.82) is 0 Å². The molecule has 117 valence electrons. The number of nitrogens with one attached hydrogen (secondary N) is 1. The number of nitrogens with zero attached hydrogens (tertiary/aromatic N) is 1. The Bertz CT molecular complexity index is 554. The summed E-state index contributed by atoms with van der Waals surface area (Å²) in [6.45, 7) is 3.02. The van der Waals surface area contributed by atoms with Crippen molar-refractivity contribution < 1.29 is 13.5 Å². The lowest BCUT2D eigenvalue weighted by Gasteiger charge is -2.28. The summed E-state index contributed by atoms with van der Waals surface area (Å²) >= 11 is 0. The smallest absolute Gasteiger partial charge is 0.178 e. The maximum absolute atomic E-state index is 11.7. The highest BCUT2D eigenvalue weighted by Gasteiger charge is 2.16. The van der Waals surface area contributed by atoms with Crippen LogP contribution in [0, 0.1) is 6.07 Å². The van der Waals surface area contributed by atoms with Crippen LogP contribution in [0.2, 0.25) is 0 Å². The highest BCUT2D eigenvalue weighted by Crippen LogP contribution is 2.20. The molecule has 1 radical (unpaired) electrons. The maximum Gasteiger partial charge on any atom is 0.178 e. The topological polar surface area (TPSA) is 69.6 Å². The SMILES string of the molecule is CS(=O)(=O)c1[c]cccc1NCC(O)CN1CCCCC1. The number of aliphatic hydroxyl groups is 1. The Morgan fingerprint density at radius 1 is 1.38 bits per heavy atom. The fraction of sp³-hybridized carbons (Fsp3) is 0.600. The van der Waals surface area contributed by atoms with E-state index < -0.39 is 15.9 Å². The number of β-amino-alcohol motifs (C(OH)–C–C–N with tert-alkyl or cyclic N) is 1. The maximum atomic E-state index is 11.7. The molecule has 0 aliphatic carbocycles. The minimum Gasteiger partial charge on any atom is -0.390 e. The van der Waals surface area contributed by atoms with Gasteiger partial charge in [-0.1, -0.05) is 18.6 Å². The normalized spacial score (nSPS) is 18.4. The van der Waals surface area contributed by atoms with Gasteiger partial charge in [-0.05, 0) is 32.0 Å². The molecule has 0 bridgehead atoms. The van der Waals surface area contributed by atoms with Crippen LogP contribution in [0.15, 0.2) is 23.1 Å². The molecule has 1 heterocycles. The van der Waals surface area contributed by atoms with Crippen LogP contribution < -0.4 is 5.32 Å². The molecule has 6 heteroatoms. The van der Waals surface area contributed by atoms with Gasteiger partial charge >= 0.3 is 0 Å².